The second-order valence-corrected chi connectivity index (χ2v) is 2.44. The Hall–Kier alpha value is -1.05. The summed E-state index contributed by atoms with van der Waals surface area (Å²) in [7, 11) is 1.78. The summed E-state index contributed by atoms with van der Waals surface area (Å²) in [6.07, 6.45) is 4.96. The maximum atomic E-state index is 5.40. The van der Waals surface area contributed by atoms with Crippen LogP contribution in [0.5, 0.6) is 0 Å². The second kappa shape index (κ2) is 3.37. The summed E-state index contributed by atoms with van der Waals surface area (Å²) in [6.45, 7) is 4.01. The number of hydrogen-bond acceptors (Lipinski definition) is 2. The molecule has 1 aliphatic heterocycles. The maximum Gasteiger partial charge on any atom is 0.148 e. The second-order valence-electron chi connectivity index (χ2n) is 2.44. The van der Waals surface area contributed by atoms with Gasteiger partial charge in [-0.15, -0.1) is 0 Å². The van der Waals surface area contributed by atoms with E-state index >= 15 is 0 Å². The molecule has 0 saturated heterocycles. The van der Waals surface area contributed by atoms with Crippen LogP contribution in [0.1, 0.15) is 20.3 Å². The summed E-state index contributed by atoms with van der Waals surface area (Å²) in [5.41, 5.74) is 0.948. The van der Waals surface area contributed by atoms with Gasteiger partial charge in [-0.05, 0) is 19.4 Å². The minimum absolute atomic E-state index is 0.896. The first kappa shape index (κ1) is 8.05. The first-order chi connectivity index (χ1) is 5.27. The summed E-state index contributed by atoms with van der Waals surface area (Å²) in [6, 6.07) is 0. The van der Waals surface area contributed by atoms with Gasteiger partial charge in [-0.2, -0.15) is 0 Å². The Morgan fingerprint density at radius 1 is 1.64 bits per heavy atom. The zero-order valence-electron chi connectivity index (χ0n) is 7.22. The molecule has 60 valence electrons. The molecule has 0 unspecified atom stereocenters. The molecule has 0 saturated carbocycles. The van der Waals surface area contributed by atoms with Crippen molar-refractivity contribution in [3.8, 4) is 0 Å². The Kier molecular flexibility index (Phi) is 2.47. The molecule has 0 atom stereocenters. The van der Waals surface area contributed by atoms with E-state index in [4.69, 9.17) is 4.74 Å². The molecular formula is C9H13NO. The third kappa shape index (κ3) is 1.70. The first-order valence-corrected chi connectivity index (χ1v) is 3.81. The standard InChI is InChI=1S/C9H13NO/c1-4-5-9-8(10-3)6-7(2)11-9/h5-6H,4H2,1-3H3/b9-5+,10-8?. The Balaban J connectivity index is 2.83. The van der Waals surface area contributed by atoms with Gasteiger partial charge in [0.05, 0.1) is 0 Å². The van der Waals surface area contributed by atoms with E-state index in [2.05, 4.69) is 11.9 Å². The Labute approximate surface area is 67.3 Å². The van der Waals surface area contributed by atoms with Gasteiger partial charge in [-0.25, -0.2) is 0 Å². The lowest BCUT2D eigenvalue weighted by Gasteiger charge is -1.98. The lowest BCUT2D eigenvalue weighted by atomic mass is 10.3. The van der Waals surface area contributed by atoms with Crippen molar-refractivity contribution < 1.29 is 4.74 Å². The van der Waals surface area contributed by atoms with E-state index in [9.17, 15) is 0 Å². The largest absolute Gasteiger partial charge is 0.460 e. The van der Waals surface area contributed by atoms with Gasteiger partial charge < -0.3 is 4.74 Å². The molecule has 0 aliphatic carbocycles. The van der Waals surface area contributed by atoms with E-state index in [1.54, 1.807) is 7.05 Å². The highest BCUT2D eigenvalue weighted by Crippen LogP contribution is 2.17. The average molecular weight is 151 g/mol. The van der Waals surface area contributed by atoms with E-state index < -0.39 is 0 Å². The van der Waals surface area contributed by atoms with Crippen molar-refractivity contribution in [1.29, 1.82) is 0 Å². The fourth-order valence-corrected chi connectivity index (χ4v) is 1.03. The zero-order chi connectivity index (χ0) is 8.27. The highest BCUT2D eigenvalue weighted by molar-refractivity contribution is 6.08. The lowest BCUT2D eigenvalue weighted by molar-refractivity contribution is 0.341. The minimum Gasteiger partial charge on any atom is -0.460 e. The van der Waals surface area contributed by atoms with Crippen LogP contribution in [0.2, 0.25) is 0 Å². The van der Waals surface area contributed by atoms with Gasteiger partial charge in [-0.1, -0.05) is 6.92 Å². The van der Waals surface area contributed by atoms with Crippen LogP contribution in [0.3, 0.4) is 0 Å². The van der Waals surface area contributed by atoms with Crippen molar-refractivity contribution in [3.63, 3.8) is 0 Å². The van der Waals surface area contributed by atoms with Crippen molar-refractivity contribution in [3.05, 3.63) is 23.7 Å². The van der Waals surface area contributed by atoms with Gasteiger partial charge in [0.2, 0.25) is 0 Å². The molecule has 0 bridgehead atoms. The van der Waals surface area contributed by atoms with Gasteiger partial charge in [0.15, 0.2) is 0 Å². The molecule has 2 heteroatoms. The number of hydrogen-bond donors (Lipinski definition) is 0. The van der Waals surface area contributed by atoms with Crippen LogP contribution >= 0.6 is 0 Å². The first-order valence-electron chi connectivity index (χ1n) is 3.81. The number of ether oxygens (including phenoxy) is 1. The van der Waals surface area contributed by atoms with Crippen LogP contribution in [0, 0.1) is 0 Å². The molecule has 0 amide bonds. The average Bonchev–Trinajstić information content (AvgIpc) is 2.32. The Morgan fingerprint density at radius 3 is 2.91 bits per heavy atom. The fraction of sp³-hybridized carbons (Fsp3) is 0.444. The van der Waals surface area contributed by atoms with Crippen LogP contribution in [0.15, 0.2) is 28.7 Å². The topological polar surface area (TPSA) is 21.6 Å². The van der Waals surface area contributed by atoms with Crippen LogP contribution in [-0.2, 0) is 4.74 Å². The molecule has 0 N–H and O–H groups in total. The Morgan fingerprint density at radius 2 is 2.36 bits per heavy atom. The predicted molar refractivity (Wildman–Crippen MR) is 46.6 cm³/mol. The number of aliphatic imine (C=N–C) groups is 1. The number of nitrogens with zero attached hydrogens (tertiary/aromatic N) is 1. The van der Waals surface area contributed by atoms with Gasteiger partial charge in [-0.3, -0.25) is 4.99 Å². The minimum atomic E-state index is 0.896. The molecule has 0 aromatic carbocycles. The molecule has 1 rings (SSSR count). The molecule has 0 aromatic rings. The van der Waals surface area contributed by atoms with E-state index in [1.165, 1.54) is 0 Å². The molecule has 11 heavy (non-hydrogen) atoms. The van der Waals surface area contributed by atoms with Crippen LogP contribution in [0.25, 0.3) is 0 Å². The lowest BCUT2D eigenvalue weighted by Crippen LogP contribution is -1.93. The highest BCUT2D eigenvalue weighted by atomic mass is 16.5. The molecule has 0 aromatic heterocycles. The monoisotopic (exact) mass is 151 g/mol. The highest BCUT2D eigenvalue weighted by Gasteiger charge is 2.13. The van der Waals surface area contributed by atoms with E-state index in [-0.39, 0.29) is 0 Å². The van der Waals surface area contributed by atoms with Gasteiger partial charge in [0.25, 0.3) is 0 Å². The summed E-state index contributed by atoms with van der Waals surface area (Å²) in [4.78, 5) is 4.08. The van der Waals surface area contributed by atoms with Crippen molar-refractivity contribution in [2.24, 2.45) is 4.99 Å². The predicted octanol–water partition coefficient (Wildman–Crippen LogP) is 2.29. The SMILES string of the molecule is CC/C=C1/OC(C)=CC1=NC. The molecular weight excluding hydrogens is 138 g/mol. The third-order valence-electron chi connectivity index (χ3n) is 1.49. The third-order valence-corrected chi connectivity index (χ3v) is 1.49. The number of rotatable bonds is 1. The summed E-state index contributed by atoms with van der Waals surface area (Å²) in [5, 5.41) is 0. The molecule has 1 heterocycles. The van der Waals surface area contributed by atoms with Crippen molar-refractivity contribution in [1.82, 2.24) is 0 Å². The van der Waals surface area contributed by atoms with Gasteiger partial charge in [0.1, 0.15) is 17.2 Å². The fourth-order valence-electron chi connectivity index (χ4n) is 1.03. The quantitative estimate of drug-likeness (QED) is 0.563. The van der Waals surface area contributed by atoms with Crippen LogP contribution < -0.4 is 0 Å². The van der Waals surface area contributed by atoms with Crippen molar-refractivity contribution >= 4 is 5.71 Å². The van der Waals surface area contributed by atoms with Crippen molar-refractivity contribution in [2.45, 2.75) is 20.3 Å². The molecule has 0 spiro atoms. The van der Waals surface area contributed by atoms with E-state index in [0.717, 1.165) is 23.7 Å². The molecule has 2 nitrogen and oxygen atoms in total. The van der Waals surface area contributed by atoms with E-state index in [1.807, 2.05) is 19.1 Å². The molecule has 0 fully saturated rings. The summed E-state index contributed by atoms with van der Waals surface area (Å²) < 4.78 is 5.40. The van der Waals surface area contributed by atoms with Crippen LogP contribution in [0.4, 0.5) is 0 Å². The Bertz CT molecular complexity index is 236. The van der Waals surface area contributed by atoms with Crippen LogP contribution in [-0.4, -0.2) is 12.8 Å². The smallest absolute Gasteiger partial charge is 0.148 e. The summed E-state index contributed by atoms with van der Waals surface area (Å²) >= 11 is 0. The molecule has 1 aliphatic rings. The zero-order valence-corrected chi connectivity index (χ0v) is 7.22. The van der Waals surface area contributed by atoms with Gasteiger partial charge >= 0.3 is 0 Å². The maximum absolute atomic E-state index is 5.40. The molecule has 0 radical (unpaired) electrons. The van der Waals surface area contributed by atoms with Gasteiger partial charge in [0, 0.05) is 13.1 Å². The van der Waals surface area contributed by atoms with Crippen molar-refractivity contribution in [2.75, 3.05) is 7.05 Å². The summed E-state index contributed by atoms with van der Waals surface area (Å²) in [5.74, 6) is 1.82. The van der Waals surface area contributed by atoms with E-state index in [0.29, 0.717) is 0 Å². The number of allylic oxidation sites excluding steroid dienone is 3. The normalized spacial score (nSPS) is 24.1.